The maximum Gasteiger partial charge on any atom is 0.323 e. The number of aromatic nitrogens is 1. The van der Waals surface area contributed by atoms with Crippen LogP contribution in [-0.4, -0.2) is 52.5 Å². The number of carbonyl (C=O) groups is 3. The monoisotopic (exact) mass is 280 g/mol. The van der Waals surface area contributed by atoms with Crippen LogP contribution >= 0.6 is 0 Å². The lowest BCUT2D eigenvalue weighted by Gasteiger charge is -2.19. The SMILES string of the molecule is NC(=O)CN(CC(=O)O)C(=O)NCCc1cccnc1. The minimum Gasteiger partial charge on any atom is -0.480 e. The van der Waals surface area contributed by atoms with E-state index in [1.54, 1.807) is 18.5 Å². The summed E-state index contributed by atoms with van der Waals surface area (Å²) in [5.41, 5.74) is 5.90. The number of primary amides is 1. The van der Waals surface area contributed by atoms with Crippen molar-refractivity contribution in [1.82, 2.24) is 15.2 Å². The maximum absolute atomic E-state index is 11.7. The molecule has 4 N–H and O–H groups in total. The fourth-order valence-electron chi connectivity index (χ4n) is 1.52. The van der Waals surface area contributed by atoms with E-state index in [0.29, 0.717) is 13.0 Å². The van der Waals surface area contributed by atoms with E-state index >= 15 is 0 Å². The number of nitrogens with one attached hydrogen (secondary N) is 1. The first-order valence-electron chi connectivity index (χ1n) is 5.91. The molecule has 8 heteroatoms. The summed E-state index contributed by atoms with van der Waals surface area (Å²) in [7, 11) is 0. The molecule has 0 atom stereocenters. The zero-order valence-electron chi connectivity index (χ0n) is 10.8. The second-order valence-electron chi connectivity index (χ2n) is 4.06. The normalized spacial score (nSPS) is 9.80. The number of aliphatic carboxylic acids is 1. The van der Waals surface area contributed by atoms with Gasteiger partial charge in [0.1, 0.15) is 13.1 Å². The summed E-state index contributed by atoms with van der Waals surface area (Å²) in [5, 5.41) is 11.2. The van der Waals surface area contributed by atoms with E-state index < -0.39 is 31.0 Å². The van der Waals surface area contributed by atoms with E-state index in [-0.39, 0.29) is 0 Å². The number of rotatable bonds is 7. The fraction of sp³-hybridized carbons (Fsp3) is 0.333. The number of carbonyl (C=O) groups excluding carboxylic acids is 2. The van der Waals surface area contributed by atoms with Gasteiger partial charge >= 0.3 is 12.0 Å². The molecule has 1 aromatic heterocycles. The van der Waals surface area contributed by atoms with Crippen molar-refractivity contribution < 1.29 is 19.5 Å². The number of nitrogens with zero attached hydrogens (tertiary/aromatic N) is 2. The second-order valence-corrected chi connectivity index (χ2v) is 4.06. The van der Waals surface area contributed by atoms with Crippen LogP contribution in [0.5, 0.6) is 0 Å². The number of carboxylic acids is 1. The number of pyridine rings is 1. The number of hydrogen-bond acceptors (Lipinski definition) is 4. The quantitative estimate of drug-likeness (QED) is 0.603. The van der Waals surface area contributed by atoms with Gasteiger partial charge in [0, 0.05) is 18.9 Å². The molecule has 1 heterocycles. The average Bonchev–Trinajstić information content (AvgIpc) is 2.38. The summed E-state index contributed by atoms with van der Waals surface area (Å²) in [6.07, 6.45) is 3.87. The molecule has 1 rings (SSSR count). The average molecular weight is 280 g/mol. The minimum atomic E-state index is -1.21. The van der Waals surface area contributed by atoms with Crippen LogP contribution in [-0.2, 0) is 16.0 Å². The Bertz CT molecular complexity index is 462. The molecule has 0 radical (unpaired) electrons. The molecule has 0 saturated carbocycles. The number of hydrogen-bond donors (Lipinski definition) is 3. The Hall–Kier alpha value is -2.64. The van der Waals surface area contributed by atoms with Crippen molar-refractivity contribution in [3.8, 4) is 0 Å². The van der Waals surface area contributed by atoms with Gasteiger partial charge in [-0.3, -0.25) is 14.6 Å². The van der Waals surface area contributed by atoms with Crippen molar-refractivity contribution >= 4 is 17.9 Å². The summed E-state index contributed by atoms with van der Waals surface area (Å²) >= 11 is 0. The van der Waals surface area contributed by atoms with Crippen LogP contribution in [0, 0.1) is 0 Å². The molecular formula is C12H16N4O4. The molecule has 0 aliphatic carbocycles. The number of carboxylic acid groups (broad SMARTS) is 1. The first kappa shape index (κ1) is 15.4. The number of urea groups is 1. The molecule has 108 valence electrons. The Morgan fingerprint density at radius 3 is 2.65 bits per heavy atom. The number of nitrogens with two attached hydrogens (primary N) is 1. The van der Waals surface area contributed by atoms with Crippen molar-refractivity contribution in [1.29, 1.82) is 0 Å². The van der Waals surface area contributed by atoms with E-state index in [4.69, 9.17) is 10.8 Å². The fourth-order valence-corrected chi connectivity index (χ4v) is 1.52. The van der Waals surface area contributed by atoms with Gasteiger partial charge in [0.2, 0.25) is 5.91 Å². The maximum atomic E-state index is 11.7. The zero-order valence-corrected chi connectivity index (χ0v) is 10.8. The molecule has 0 unspecified atom stereocenters. The molecule has 1 aromatic rings. The highest BCUT2D eigenvalue weighted by atomic mass is 16.4. The lowest BCUT2D eigenvalue weighted by molar-refractivity contribution is -0.137. The van der Waals surface area contributed by atoms with E-state index in [2.05, 4.69) is 10.3 Å². The topological polar surface area (TPSA) is 126 Å². The van der Waals surface area contributed by atoms with Gasteiger partial charge in [0.25, 0.3) is 0 Å². The molecule has 8 nitrogen and oxygen atoms in total. The van der Waals surface area contributed by atoms with Gasteiger partial charge in [-0.1, -0.05) is 6.07 Å². The van der Waals surface area contributed by atoms with Crippen molar-refractivity contribution in [3.63, 3.8) is 0 Å². The first-order chi connectivity index (χ1) is 9.49. The molecular weight excluding hydrogens is 264 g/mol. The molecule has 0 aromatic carbocycles. The predicted molar refractivity (Wildman–Crippen MR) is 69.7 cm³/mol. The Balaban J connectivity index is 2.45. The second kappa shape index (κ2) is 7.72. The van der Waals surface area contributed by atoms with E-state index in [0.717, 1.165) is 10.5 Å². The van der Waals surface area contributed by atoms with Gasteiger partial charge in [-0.05, 0) is 18.1 Å². The molecule has 0 aliphatic heterocycles. The highest BCUT2D eigenvalue weighted by Crippen LogP contribution is 1.96. The molecule has 3 amide bonds. The predicted octanol–water partition coefficient (Wildman–Crippen LogP) is -0.794. The van der Waals surface area contributed by atoms with Crippen LogP contribution in [0.15, 0.2) is 24.5 Å². The zero-order chi connectivity index (χ0) is 15.0. The van der Waals surface area contributed by atoms with Gasteiger partial charge in [-0.25, -0.2) is 4.79 Å². The van der Waals surface area contributed by atoms with Crippen molar-refractivity contribution in [2.45, 2.75) is 6.42 Å². The van der Waals surface area contributed by atoms with Gasteiger partial charge < -0.3 is 21.1 Å². The summed E-state index contributed by atoms with van der Waals surface area (Å²) in [4.78, 5) is 37.9. The van der Waals surface area contributed by atoms with Gasteiger partial charge in [-0.2, -0.15) is 0 Å². The van der Waals surface area contributed by atoms with Crippen LogP contribution in [0.25, 0.3) is 0 Å². The highest BCUT2D eigenvalue weighted by molar-refractivity contribution is 5.85. The van der Waals surface area contributed by atoms with E-state index in [9.17, 15) is 14.4 Å². The molecule has 20 heavy (non-hydrogen) atoms. The third kappa shape index (κ3) is 5.80. The number of amides is 3. The van der Waals surface area contributed by atoms with Gasteiger partial charge in [0.15, 0.2) is 0 Å². The standard InChI is InChI=1S/C12H16N4O4/c13-10(17)7-16(8-11(18)19)12(20)15-5-3-9-2-1-4-14-6-9/h1-2,4,6H,3,5,7-8H2,(H2,13,17)(H,15,20)(H,18,19). The van der Waals surface area contributed by atoms with Crippen molar-refractivity contribution in [3.05, 3.63) is 30.1 Å². The molecule has 0 bridgehead atoms. The molecule has 0 saturated heterocycles. The summed E-state index contributed by atoms with van der Waals surface area (Å²) < 4.78 is 0. The Morgan fingerprint density at radius 1 is 1.35 bits per heavy atom. The van der Waals surface area contributed by atoms with Crippen LogP contribution in [0.1, 0.15) is 5.56 Å². The summed E-state index contributed by atoms with van der Waals surface area (Å²) in [6.45, 7) is -0.716. The van der Waals surface area contributed by atoms with Crippen LogP contribution in [0.2, 0.25) is 0 Å². The van der Waals surface area contributed by atoms with E-state index in [1.165, 1.54) is 0 Å². The van der Waals surface area contributed by atoms with Crippen LogP contribution < -0.4 is 11.1 Å². The Morgan fingerprint density at radius 2 is 2.10 bits per heavy atom. The van der Waals surface area contributed by atoms with Gasteiger partial charge in [-0.15, -0.1) is 0 Å². The first-order valence-corrected chi connectivity index (χ1v) is 5.91. The van der Waals surface area contributed by atoms with Crippen LogP contribution in [0.3, 0.4) is 0 Å². The molecule has 0 spiro atoms. The Kier molecular flexibility index (Phi) is 5.95. The van der Waals surface area contributed by atoms with Crippen molar-refractivity contribution in [2.24, 2.45) is 5.73 Å². The van der Waals surface area contributed by atoms with Crippen molar-refractivity contribution in [2.75, 3.05) is 19.6 Å². The highest BCUT2D eigenvalue weighted by Gasteiger charge is 2.18. The molecule has 0 aliphatic rings. The largest absolute Gasteiger partial charge is 0.480 e. The Labute approximate surface area is 115 Å². The third-order valence-electron chi connectivity index (χ3n) is 2.37. The smallest absolute Gasteiger partial charge is 0.323 e. The minimum absolute atomic E-state index is 0.305. The third-order valence-corrected chi connectivity index (χ3v) is 2.37. The summed E-state index contributed by atoms with van der Waals surface area (Å²) in [5.74, 6) is -1.98. The van der Waals surface area contributed by atoms with E-state index in [1.807, 2.05) is 6.07 Å². The lowest BCUT2D eigenvalue weighted by atomic mass is 10.2. The lowest BCUT2D eigenvalue weighted by Crippen LogP contribution is -2.47. The molecule has 0 fully saturated rings. The van der Waals surface area contributed by atoms with Gasteiger partial charge in [0.05, 0.1) is 0 Å². The van der Waals surface area contributed by atoms with Crippen LogP contribution in [0.4, 0.5) is 4.79 Å². The summed E-state index contributed by atoms with van der Waals surface area (Å²) in [6, 6.07) is 2.99.